The number of aliphatic carboxylic acids is 6. The molecule has 29 heavy (non-hydrogen) atoms. The van der Waals surface area contributed by atoms with Crippen LogP contribution in [0.2, 0.25) is 0 Å². The molecule has 0 saturated carbocycles. The fourth-order valence-corrected chi connectivity index (χ4v) is 0.789. The van der Waals surface area contributed by atoms with Crippen LogP contribution in [0.1, 0.15) is 19.3 Å². The van der Waals surface area contributed by atoms with Crippen LogP contribution in [0.25, 0.3) is 0 Å². The molecule has 0 fully saturated rings. The van der Waals surface area contributed by atoms with Gasteiger partial charge in [-0.25, -0.2) is 0 Å². The minimum atomic E-state index is -1.58. The van der Waals surface area contributed by atoms with E-state index in [9.17, 15) is 59.4 Å². The van der Waals surface area contributed by atoms with Crippen LogP contribution in [0.3, 0.4) is 0 Å². The summed E-state index contributed by atoms with van der Waals surface area (Å²) in [6.45, 7) is 0. The van der Waals surface area contributed by atoms with E-state index in [0.717, 1.165) is 0 Å². The summed E-state index contributed by atoms with van der Waals surface area (Å²) in [5, 5.41) is 58.0. The Hall–Kier alpha value is -2.24. The van der Waals surface area contributed by atoms with E-state index < -0.39 is 73.2 Å². The maximum Gasteiger partial charge on any atom is 3.00 e. The van der Waals surface area contributed by atoms with Gasteiger partial charge >= 0.3 is 34.7 Å². The molecule has 17 heteroatoms. The van der Waals surface area contributed by atoms with Gasteiger partial charge in [0, 0.05) is 55.3 Å². The van der Waals surface area contributed by atoms with Crippen LogP contribution in [0, 0.1) is 0 Å². The van der Waals surface area contributed by atoms with E-state index in [4.69, 9.17) is 17.2 Å². The van der Waals surface area contributed by atoms with Crippen LogP contribution in [0.15, 0.2) is 0 Å². The van der Waals surface area contributed by atoms with Crippen LogP contribution < -0.4 is 47.8 Å². The van der Waals surface area contributed by atoms with E-state index in [1.165, 1.54) is 0 Å². The number of carbonyl (C=O) groups is 6. The molecule has 0 heterocycles. The number of rotatable bonds is 9. The normalized spacial score (nSPS) is 11.7. The van der Waals surface area contributed by atoms with E-state index in [-0.39, 0.29) is 34.7 Å². The zero-order valence-corrected chi connectivity index (χ0v) is 16.9. The van der Waals surface area contributed by atoms with E-state index >= 15 is 0 Å². The predicted octanol–water partition coefficient (Wildman–Crippen LogP) is -11.4. The monoisotopic (exact) mass is 497 g/mol. The van der Waals surface area contributed by atoms with Gasteiger partial charge in [0.05, 0.1) is 17.9 Å². The predicted molar refractivity (Wildman–Crippen MR) is 67.8 cm³/mol. The summed E-state index contributed by atoms with van der Waals surface area (Å²) in [4.78, 5) is 58.0. The Kier molecular flexibility index (Phi) is 26.5. The molecule has 0 aromatic rings. The number of nitrogens with two attached hydrogens (primary N) is 3. The molecule has 0 aromatic carbocycles. The molecule has 0 rings (SSSR count). The maximum atomic E-state index is 9.71. The van der Waals surface area contributed by atoms with Gasteiger partial charge in [-0.05, 0) is 0 Å². The Morgan fingerprint density at radius 3 is 0.655 bits per heavy atom. The molecular formula is C12H15Cr2N3O12. The summed E-state index contributed by atoms with van der Waals surface area (Å²) in [5.74, 6) is -9.23. The summed E-state index contributed by atoms with van der Waals surface area (Å²) in [5.41, 5.74) is 14.2. The van der Waals surface area contributed by atoms with Crippen molar-refractivity contribution in [1.82, 2.24) is 0 Å². The first-order chi connectivity index (χ1) is 12.1. The van der Waals surface area contributed by atoms with Gasteiger partial charge < -0.3 is 76.6 Å². The molecule has 15 nitrogen and oxygen atoms in total. The van der Waals surface area contributed by atoms with E-state index in [2.05, 4.69) is 0 Å². The summed E-state index contributed by atoms with van der Waals surface area (Å²) >= 11 is 0. The van der Waals surface area contributed by atoms with Crippen molar-refractivity contribution in [3.05, 3.63) is 0 Å². The van der Waals surface area contributed by atoms with Gasteiger partial charge in [0.2, 0.25) is 0 Å². The zero-order chi connectivity index (χ0) is 22.3. The molecule has 3 atom stereocenters. The van der Waals surface area contributed by atoms with Crippen molar-refractivity contribution < 1.29 is 94.1 Å². The average molecular weight is 497 g/mol. The average Bonchev–Trinajstić information content (AvgIpc) is 2.46. The standard InChI is InChI=1S/3C4H7NO4.2Cr/c3*5-2(4(8)9)1-3(6)7;;/h3*2H,1,5H2,(H,6,7)(H,8,9);;/q;;;2*+3/p-6. The molecule has 162 valence electrons. The molecule has 0 bridgehead atoms. The van der Waals surface area contributed by atoms with E-state index in [0.29, 0.717) is 0 Å². The van der Waals surface area contributed by atoms with Gasteiger partial charge in [0.25, 0.3) is 0 Å². The van der Waals surface area contributed by atoms with Crippen LogP contribution in [0.5, 0.6) is 0 Å². The number of hydrogen-bond acceptors (Lipinski definition) is 15. The zero-order valence-electron chi connectivity index (χ0n) is 14.3. The second kappa shape index (κ2) is 20.5. The third-order valence-electron chi connectivity index (χ3n) is 2.07. The molecule has 2 radical (unpaired) electrons. The minimum Gasteiger partial charge on any atom is -0.550 e. The van der Waals surface area contributed by atoms with Crippen LogP contribution in [-0.2, 0) is 63.5 Å². The SMILES string of the molecule is NC(CC(=O)[O-])C(=O)[O-].NC(CC(=O)[O-])C(=O)[O-].NC(CC(=O)[O-])C(=O)[O-].[Cr+3].[Cr+3]. The number of carboxylic acid groups (broad SMARTS) is 6. The Bertz CT molecular complexity index is 484. The first-order valence-electron chi connectivity index (χ1n) is 6.60. The molecule has 0 saturated heterocycles. The smallest absolute Gasteiger partial charge is 0.550 e. The Morgan fingerprint density at radius 2 is 0.621 bits per heavy atom. The molecule has 0 spiro atoms. The molecule has 0 amide bonds. The summed E-state index contributed by atoms with van der Waals surface area (Å²) in [6, 6.07) is -4.39. The van der Waals surface area contributed by atoms with Crippen LogP contribution in [-0.4, -0.2) is 53.9 Å². The molecule has 6 N–H and O–H groups in total. The number of carboxylic acids is 6. The van der Waals surface area contributed by atoms with Gasteiger partial charge in [0.15, 0.2) is 0 Å². The largest absolute Gasteiger partial charge is 3.00 e. The second-order valence-electron chi connectivity index (χ2n) is 4.50. The molecule has 0 aliphatic heterocycles. The fourth-order valence-electron chi connectivity index (χ4n) is 0.789. The van der Waals surface area contributed by atoms with Crippen molar-refractivity contribution in [2.45, 2.75) is 37.4 Å². The Labute approximate surface area is 184 Å². The van der Waals surface area contributed by atoms with Crippen molar-refractivity contribution in [2.24, 2.45) is 17.2 Å². The molecular weight excluding hydrogens is 482 g/mol. The van der Waals surface area contributed by atoms with Crippen molar-refractivity contribution >= 4 is 35.8 Å². The maximum absolute atomic E-state index is 9.71. The quantitative estimate of drug-likeness (QED) is 0.266. The Morgan fingerprint density at radius 1 is 0.483 bits per heavy atom. The topological polar surface area (TPSA) is 319 Å². The molecule has 3 unspecified atom stereocenters. The summed E-state index contributed by atoms with van der Waals surface area (Å²) in [6.07, 6.45) is -2.12. The molecule has 0 aromatic heterocycles. The first-order valence-corrected chi connectivity index (χ1v) is 6.60. The number of carbonyl (C=O) groups excluding carboxylic acids is 6. The van der Waals surface area contributed by atoms with Gasteiger partial charge in [0.1, 0.15) is 0 Å². The first kappa shape index (κ1) is 37.5. The summed E-state index contributed by atoms with van der Waals surface area (Å²) in [7, 11) is 0. The molecule has 0 aliphatic rings. The van der Waals surface area contributed by atoms with Crippen molar-refractivity contribution in [3.8, 4) is 0 Å². The van der Waals surface area contributed by atoms with Crippen LogP contribution in [0.4, 0.5) is 0 Å². The van der Waals surface area contributed by atoms with Crippen molar-refractivity contribution in [1.29, 1.82) is 0 Å². The third-order valence-corrected chi connectivity index (χ3v) is 2.07. The van der Waals surface area contributed by atoms with Gasteiger partial charge in [-0.2, -0.15) is 0 Å². The Balaban J connectivity index is -0.0000000960. The number of hydrogen-bond donors (Lipinski definition) is 3. The fraction of sp³-hybridized carbons (Fsp3) is 0.500. The van der Waals surface area contributed by atoms with Crippen LogP contribution >= 0.6 is 0 Å². The minimum absolute atomic E-state index is 0. The van der Waals surface area contributed by atoms with Crippen molar-refractivity contribution in [3.63, 3.8) is 0 Å². The van der Waals surface area contributed by atoms with E-state index in [1.54, 1.807) is 0 Å². The summed E-state index contributed by atoms with van der Waals surface area (Å²) < 4.78 is 0. The van der Waals surface area contributed by atoms with Crippen molar-refractivity contribution in [2.75, 3.05) is 0 Å². The third kappa shape index (κ3) is 30.7. The molecule has 0 aliphatic carbocycles. The van der Waals surface area contributed by atoms with Gasteiger partial charge in [-0.1, -0.05) is 0 Å². The second-order valence-corrected chi connectivity index (χ2v) is 4.50. The van der Waals surface area contributed by atoms with Gasteiger partial charge in [-0.3, -0.25) is 0 Å². The van der Waals surface area contributed by atoms with Gasteiger partial charge in [-0.15, -0.1) is 0 Å². The van der Waals surface area contributed by atoms with E-state index in [1.807, 2.05) is 0 Å².